The van der Waals surface area contributed by atoms with Gasteiger partial charge in [0.15, 0.2) is 5.82 Å². The molecule has 0 unspecified atom stereocenters. The first-order valence-electron chi connectivity index (χ1n) is 13.9. The van der Waals surface area contributed by atoms with Gasteiger partial charge in [0, 0.05) is 17.7 Å². The molecule has 9 heteroatoms. The maximum atomic E-state index is 13.3. The summed E-state index contributed by atoms with van der Waals surface area (Å²) in [4.78, 5) is 16.7. The molecule has 0 saturated carbocycles. The number of nitrogens with zero attached hydrogens (tertiary/aromatic N) is 3. The summed E-state index contributed by atoms with van der Waals surface area (Å²) in [6.45, 7) is 5.85. The summed E-state index contributed by atoms with van der Waals surface area (Å²) in [5.41, 5.74) is 0.699. The van der Waals surface area contributed by atoms with Gasteiger partial charge >= 0.3 is 12.2 Å². The zero-order valence-electron chi connectivity index (χ0n) is 23.1. The maximum Gasteiger partial charge on any atom is 0.416 e. The number of halogens is 3. The highest BCUT2D eigenvalue weighted by Gasteiger charge is 2.31. The molecule has 0 saturated heterocycles. The van der Waals surface area contributed by atoms with E-state index in [1.807, 2.05) is 13.8 Å². The molecule has 1 N–H and O–H groups in total. The van der Waals surface area contributed by atoms with Gasteiger partial charge in [0.05, 0.1) is 17.4 Å². The Hall–Kier alpha value is -3.36. The Balaban J connectivity index is 1.63. The predicted octanol–water partition coefficient (Wildman–Crippen LogP) is 8.60. The summed E-state index contributed by atoms with van der Waals surface area (Å²) in [5, 5.41) is 7.29. The minimum Gasteiger partial charge on any atom is -0.460 e. The fourth-order valence-electron chi connectivity index (χ4n) is 4.26. The summed E-state index contributed by atoms with van der Waals surface area (Å²) >= 11 is 0. The van der Waals surface area contributed by atoms with Crippen molar-refractivity contribution in [2.24, 2.45) is 0 Å². The predicted molar refractivity (Wildman–Crippen MR) is 148 cm³/mol. The van der Waals surface area contributed by atoms with Crippen molar-refractivity contribution in [3.8, 4) is 23.1 Å². The van der Waals surface area contributed by atoms with Crippen molar-refractivity contribution in [3.63, 3.8) is 0 Å². The lowest BCUT2D eigenvalue weighted by atomic mass is 10.1. The number of hydrogen-bond acceptors (Lipinski definition) is 4. The average molecular weight is 545 g/mol. The molecule has 39 heavy (non-hydrogen) atoms. The molecule has 3 rings (SSSR count). The second-order valence-electron chi connectivity index (χ2n) is 10.0. The van der Waals surface area contributed by atoms with E-state index < -0.39 is 11.7 Å². The fraction of sp³-hybridized carbons (Fsp3) is 0.500. The molecule has 0 bridgehead atoms. The highest BCUT2D eigenvalue weighted by Crippen LogP contribution is 2.33. The van der Waals surface area contributed by atoms with Crippen LogP contribution in [0.1, 0.15) is 90.5 Å². The maximum absolute atomic E-state index is 13.3. The first-order chi connectivity index (χ1) is 18.7. The number of carbonyl (C=O) groups excluding carboxylic acids is 1. The van der Waals surface area contributed by atoms with Gasteiger partial charge in [-0.3, -0.25) is 4.79 Å². The molecular weight excluding hydrogens is 505 g/mol. The zero-order valence-corrected chi connectivity index (χ0v) is 23.1. The van der Waals surface area contributed by atoms with Crippen molar-refractivity contribution >= 4 is 11.6 Å². The normalized spacial score (nSPS) is 11.7. The minimum atomic E-state index is -4.48. The quantitative estimate of drug-likeness (QED) is 0.195. The number of ether oxygens (including phenoxy) is 1. The van der Waals surface area contributed by atoms with E-state index in [0.29, 0.717) is 17.8 Å². The number of unbranched alkanes of at least 4 members (excludes halogenated alkanes) is 8. The standard InChI is InChI=1S/C30H39F3N4O2/c1-4-5-6-7-8-9-10-11-12-16-27(38)34-25-17-19-26(20-18-25)37-28(35-29(36-37)39-22(2)3)23-14-13-15-24(21-23)30(31,32)33/h13-15,17-22H,4-12,16H2,1-3H3,(H,34,38). The van der Waals surface area contributed by atoms with Crippen molar-refractivity contribution in [2.45, 2.75) is 97.3 Å². The molecule has 0 fully saturated rings. The van der Waals surface area contributed by atoms with E-state index in [0.717, 1.165) is 31.4 Å². The van der Waals surface area contributed by atoms with E-state index in [1.165, 1.54) is 49.3 Å². The highest BCUT2D eigenvalue weighted by molar-refractivity contribution is 5.90. The molecule has 6 nitrogen and oxygen atoms in total. The lowest BCUT2D eigenvalue weighted by Crippen LogP contribution is -2.11. The topological polar surface area (TPSA) is 69.0 Å². The summed E-state index contributed by atoms with van der Waals surface area (Å²) in [7, 11) is 0. The van der Waals surface area contributed by atoms with Gasteiger partial charge in [0.25, 0.3) is 0 Å². The Kier molecular flexibility index (Phi) is 11.4. The average Bonchev–Trinajstić information content (AvgIpc) is 3.31. The molecule has 2 aromatic carbocycles. The molecule has 0 aliphatic heterocycles. The fourth-order valence-corrected chi connectivity index (χ4v) is 4.26. The van der Waals surface area contributed by atoms with Crippen molar-refractivity contribution in [1.82, 2.24) is 14.8 Å². The molecule has 0 aliphatic rings. The van der Waals surface area contributed by atoms with Crippen LogP contribution in [0, 0.1) is 0 Å². The van der Waals surface area contributed by atoms with Crippen LogP contribution in [0.25, 0.3) is 17.1 Å². The molecule has 0 spiro atoms. The lowest BCUT2D eigenvalue weighted by Gasteiger charge is -2.10. The van der Waals surface area contributed by atoms with Gasteiger partial charge in [-0.2, -0.15) is 18.2 Å². The first-order valence-corrected chi connectivity index (χ1v) is 13.9. The van der Waals surface area contributed by atoms with Gasteiger partial charge in [-0.05, 0) is 56.7 Å². The second-order valence-corrected chi connectivity index (χ2v) is 10.0. The van der Waals surface area contributed by atoms with E-state index in [1.54, 1.807) is 30.3 Å². The summed E-state index contributed by atoms with van der Waals surface area (Å²) in [5.74, 6) is 0.183. The van der Waals surface area contributed by atoms with Gasteiger partial charge in [0.2, 0.25) is 5.91 Å². The van der Waals surface area contributed by atoms with E-state index in [4.69, 9.17) is 4.74 Å². The first kappa shape index (κ1) is 30.2. The summed E-state index contributed by atoms with van der Waals surface area (Å²) in [6.07, 6.45) is 6.51. The van der Waals surface area contributed by atoms with Crippen LogP contribution in [0.2, 0.25) is 0 Å². The summed E-state index contributed by atoms with van der Waals surface area (Å²) in [6, 6.07) is 12.0. The largest absolute Gasteiger partial charge is 0.460 e. The number of aromatic nitrogens is 3. The zero-order chi connectivity index (χ0) is 28.3. The molecule has 3 aromatic rings. The monoisotopic (exact) mass is 544 g/mol. The van der Waals surface area contributed by atoms with Gasteiger partial charge in [0.1, 0.15) is 0 Å². The number of amides is 1. The van der Waals surface area contributed by atoms with Crippen LogP contribution in [0.4, 0.5) is 18.9 Å². The number of carbonyl (C=O) groups is 1. The van der Waals surface area contributed by atoms with Crippen molar-refractivity contribution in [2.75, 3.05) is 5.32 Å². The Morgan fingerprint density at radius 2 is 1.59 bits per heavy atom. The van der Waals surface area contributed by atoms with Gasteiger partial charge in [-0.1, -0.05) is 70.4 Å². The third-order valence-electron chi connectivity index (χ3n) is 6.28. The minimum absolute atomic E-state index is 0.0382. The van der Waals surface area contributed by atoms with Crippen LogP contribution in [0.3, 0.4) is 0 Å². The van der Waals surface area contributed by atoms with Crippen LogP contribution in [0.5, 0.6) is 6.01 Å². The van der Waals surface area contributed by atoms with Crippen molar-refractivity contribution in [1.29, 1.82) is 0 Å². The van der Waals surface area contributed by atoms with Gasteiger partial charge in [-0.15, -0.1) is 5.10 Å². The third-order valence-corrected chi connectivity index (χ3v) is 6.28. The molecule has 1 heterocycles. The Bertz CT molecular complexity index is 1170. The number of anilines is 1. The van der Waals surface area contributed by atoms with Crippen LogP contribution in [-0.2, 0) is 11.0 Å². The SMILES string of the molecule is CCCCCCCCCCCC(=O)Nc1ccc(-n2nc(OC(C)C)nc2-c2cccc(C(F)(F)F)c2)cc1. The number of alkyl halides is 3. The molecule has 0 aliphatic carbocycles. The third kappa shape index (κ3) is 9.71. The van der Waals surface area contributed by atoms with Crippen LogP contribution < -0.4 is 10.1 Å². The molecule has 0 atom stereocenters. The highest BCUT2D eigenvalue weighted by atomic mass is 19.4. The summed E-state index contributed by atoms with van der Waals surface area (Å²) < 4.78 is 47.0. The lowest BCUT2D eigenvalue weighted by molar-refractivity contribution is -0.137. The van der Waals surface area contributed by atoms with Crippen LogP contribution >= 0.6 is 0 Å². The van der Waals surface area contributed by atoms with E-state index in [-0.39, 0.29) is 29.4 Å². The van der Waals surface area contributed by atoms with Crippen LogP contribution in [0.15, 0.2) is 48.5 Å². The smallest absolute Gasteiger partial charge is 0.416 e. The molecule has 0 radical (unpaired) electrons. The van der Waals surface area contributed by atoms with Gasteiger partial charge < -0.3 is 10.1 Å². The van der Waals surface area contributed by atoms with Crippen molar-refractivity contribution < 1.29 is 22.7 Å². The number of benzene rings is 2. The van der Waals surface area contributed by atoms with E-state index >= 15 is 0 Å². The van der Waals surface area contributed by atoms with E-state index in [2.05, 4.69) is 22.3 Å². The second kappa shape index (κ2) is 14.7. The number of nitrogens with one attached hydrogen (secondary N) is 1. The molecular formula is C30H39F3N4O2. The van der Waals surface area contributed by atoms with Crippen molar-refractivity contribution in [3.05, 3.63) is 54.1 Å². The Labute approximate surface area is 229 Å². The van der Waals surface area contributed by atoms with E-state index in [9.17, 15) is 18.0 Å². The Morgan fingerprint density at radius 1 is 0.949 bits per heavy atom. The van der Waals surface area contributed by atoms with Gasteiger partial charge in [-0.25, -0.2) is 4.68 Å². The number of rotatable bonds is 15. The van der Waals surface area contributed by atoms with Crippen LogP contribution in [-0.4, -0.2) is 26.8 Å². The molecule has 1 aromatic heterocycles. The molecule has 1 amide bonds. The number of hydrogen-bond donors (Lipinski definition) is 1. The molecule has 212 valence electrons. The Morgan fingerprint density at radius 3 is 2.21 bits per heavy atom.